The van der Waals surface area contributed by atoms with Crippen LogP contribution in [0.2, 0.25) is 0 Å². The maximum absolute atomic E-state index is 12.4. The van der Waals surface area contributed by atoms with Crippen molar-refractivity contribution >= 4 is 49.9 Å². The van der Waals surface area contributed by atoms with E-state index >= 15 is 0 Å². The Hall–Kier alpha value is -3.11. The monoisotopic (exact) mass is 352 g/mol. The minimum Gasteiger partial charge on any atom is -0.355 e. The van der Waals surface area contributed by atoms with Gasteiger partial charge >= 0.3 is 0 Å². The molecule has 1 saturated heterocycles. The van der Waals surface area contributed by atoms with Crippen molar-refractivity contribution in [2.45, 2.75) is 18.2 Å². The van der Waals surface area contributed by atoms with Gasteiger partial charge in [-0.05, 0) is 12.1 Å². The van der Waals surface area contributed by atoms with Crippen molar-refractivity contribution in [2.24, 2.45) is 0 Å². The highest BCUT2D eigenvalue weighted by atomic mass is 16.5. The van der Waals surface area contributed by atoms with Gasteiger partial charge in [-0.25, -0.2) is 0 Å². The van der Waals surface area contributed by atoms with Crippen molar-refractivity contribution in [1.29, 1.82) is 0 Å². The van der Waals surface area contributed by atoms with E-state index in [1.54, 1.807) is 0 Å². The molecule has 2 atom stereocenters. The van der Waals surface area contributed by atoms with Gasteiger partial charge in [-0.15, -0.1) is 0 Å². The lowest BCUT2D eigenvalue weighted by Gasteiger charge is -2.24. The third kappa shape index (κ3) is 1.42. The Bertz CT molecular complexity index is 1440. The fraction of sp³-hybridized carbons (Fsp3) is 0.174. The van der Waals surface area contributed by atoms with Crippen LogP contribution in [0.4, 0.5) is 0 Å². The number of fused-ring (bicyclic) bond motifs is 10. The first kappa shape index (κ1) is 14.0. The van der Waals surface area contributed by atoms with Gasteiger partial charge in [0.25, 0.3) is 0 Å². The summed E-state index contributed by atoms with van der Waals surface area (Å²) in [4.78, 5) is 12.4. The molecule has 4 heterocycles. The van der Waals surface area contributed by atoms with Gasteiger partial charge in [-0.1, -0.05) is 48.5 Å². The average Bonchev–Trinajstić information content (AvgIpc) is 3.35. The van der Waals surface area contributed by atoms with Gasteiger partial charge in [0.05, 0.1) is 28.7 Å². The van der Waals surface area contributed by atoms with Crippen LogP contribution in [0.5, 0.6) is 0 Å². The number of rotatable bonds is 1. The molecule has 4 heteroatoms. The highest BCUT2D eigenvalue weighted by molar-refractivity contribution is 6.23. The highest BCUT2D eigenvalue weighted by Gasteiger charge is 2.47. The molecule has 2 bridgehead atoms. The second-order valence-electron chi connectivity index (χ2n) is 7.79. The third-order valence-electron chi connectivity index (χ3n) is 6.51. The molecule has 27 heavy (non-hydrogen) atoms. The van der Waals surface area contributed by atoms with Crippen LogP contribution in [-0.4, -0.2) is 22.0 Å². The van der Waals surface area contributed by atoms with Crippen LogP contribution >= 0.6 is 0 Å². The average molecular weight is 352 g/mol. The summed E-state index contributed by atoms with van der Waals surface area (Å²) in [5.74, 6) is 0. The van der Waals surface area contributed by atoms with E-state index in [-0.39, 0.29) is 6.23 Å². The van der Waals surface area contributed by atoms with Gasteiger partial charge in [0, 0.05) is 28.0 Å². The number of carbonyl (C=O) groups is 1. The Morgan fingerprint density at radius 2 is 1.52 bits per heavy atom. The zero-order valence-corrected chi connectivity index (χ0v) is 14.6. The zero-order chi connectivity index (χ0) is 17.8. The Kier molecular flexibility index (Phi) is 2.29. The molecule has 7 rings (SSSR count). The second kappa shape index (κ2) is 4.41. The zero-order valence-electron chi connectivity index (χ0n) is 14.6. The van der Waals surface area contributed by atoms with Crippen molar-refractivity contribution < 1.29 is 9.53 Å². The van der Waals surface area contributed by atoms with Crippen molar-refractivity contribution in [3.63, 3.8) is 0 Å². The molecule has 0 amide bonds. The number of hydrogen-bond acceptors (Lipinski definition) is 2. The van der Waals surface area contributed by atoms with E-state index in [4.69, 9.17) is 4.74 Å². The number of aldehydes is 1. The minimum absolute atomic E-state index is 0.123. The van der Waals surface area contributed by atoms with Crippen LogP contribution in [0.15, 0.2) is 60.7 Å². The summed E-state index contributed by atoms with van der Waals surface area (Å²) in [5, 5.41) is 4.85. The van der Waals surface area contributed by atoms with Crippen LogP contribution < -0.4 is 0 Å². The Balaban J connectivity index is 1.88. The maximum Gasteiger partial charge on any atom is 0.148 e. The first-order valence-corrected chi connectivity index (χ1v) is 9.36. The molecule has 0 saturated carbocycles. The first-order chi connectivity index (χ1) is 13.3. The van der Waals surface area contributed by atoms with E-state index in [9.17, 15) is 4.79 Å². The van der Waals surface area contributed by atoms with Gasteiger partial charge in [0.2, 0.25) is 0 Å². The lowest BCUT2D eigenvalue weighted by atomic mass is 9.99. The largest absolute Gasteiger partial charge is 0.355 e. The maximum atomic E-state index is 12.4. The predicted octanol–water partition coefficient (Wildman–Crippen LogP) is 4.73. The lowest BCUT2D eigenvalue weighted by molar-refractivity contribution is -0.115. The molecule has 2 aromatic heterocycles. The molecule has 0 spiro atoms. The molecule has 3 aromatic carbocycles. The molecular weight excluding hydrogens is 336 g/mol. The van der Waals surface area contributed by atoms with Crippen LogP contribution in [0.3, 0.4) is 0 Å². The fourth-order valence-electron chi connectivity index (χ4n) is 5.41. The topological polar surface area (TPSA) is 36.2 Å². The molecular formula is C23H16N2O2. The van der Waals surface area contributed by atoms with E-state index in [1.165, 1.54) is 32.6 Å². The van der Waals surface area contributed by atoms with E-state index in [2.05, 4.69) is 63.7 Å². The number of aromatic nitrogens is 2. The third-order valence-corrected chi connectivity index (χ3v) is 6.51. The number of ether oxygens (including phenoxy) is 1. The van der Waals surface area contributed by atoms with E-state index in [1.807, 2.05) is 6.07 Å². The Labute approximate surface area is 154 Å². The molecule has 5 aromatic rings. The fourth-order valence-corrected chi connectivity index (χ4v) is 5.41. The standard InChI is InChI=1S/C23H16N2O2/c26-12-23-11-20(27-13-23)24-18-7-3-1-5-14(18)16-9-10-17-15-6-2-4-8-19(15)25(23)22(17)21(16)24/h1-10,12,20H,11,13H2/t20-,23+/m1/s1. The smallest absolute Gasteiger partial charge is 0.148 e. The molecule has 4 nitrogen and oxygen atoms in total. The first-order valence-electron chi connectivity index (χ1n) is 9.36. The van der Waals surface area contributed by atoms with Gasteiger partial charge in [-0.2, -0.15) is 0 Å². The summed E-state index contributed by atoms with van der Waals surface area (Å²) in [6, 6.07) is 21.3. The van der Waals surface area contributed by atoms with E-state index < -0.39 is 5.54 Å². The number of benzene rings is 3. The van der Waals surface area contributed by atoms with Crippen molar-refractivity contribution in [3.05, 3.63) is 60.7 Å². The van der Waals surface area contributed by atoms with Gasteiger partial charge in [0.1, 0.15) is 18.1 Å². The van der Waals surface area contributed by atoms with Crippen LogP contribution in [0.25, 0.3) is 43.6 Å². The number of nitrogens with zero attached hydrogens (tertiary/aromatic N) is 2. The second-order valence-corrected chi connectivity index (χ2v) is 7.79. The van der Waals surface area contributed by atoms with Crippen molar-refractivity contribution in [1.82, 2.24) is 9.13 Å². The molecule has 0 radical (unpaired) electrons. The van der Waals surface area contributed by atoms with Crippen LogP contribution in [0, 0.1) is 0 Å². The normalized spacial score (nSPS) is 23.8. The Morgan fingerprint density at radius 1 is 0.852 bits per heavy atom. The molecule has 1 fully saturated rings. The summed E-state index contributed by atoms with van der Waals surface area (Å²) in [6.45, 7) is 0.414. The summed E-state index contributed by atoms with van der Waals surface area (Å²) in [7, 11) is 0. The summed E-state index contributed by atoms with van der Waals surface area (Å²) >= 11 is 0. The number of carbonyl (C=O) groups excluding carboxylic acids is 1. The summed E-state index contributed by atoms with van der Waals surface area (Å²) < 4.78 is 10.8. The lowest BCUT2D eigenvalue weighted by Crippen LogP contribution is -2.35. The Morgan fingerprint density at radius 3 is 2.30 bits per heavy atom. The SMILES string of the molecule is O=C[C@]12CO[C@H](C1)n1c3ccccc3c3ccc4c5ccccc5n2c4c31. The van der Waals surface area contributed by atoms with E-state index in [0.717, 1.165) is 17.3 Å². The van der Waals surface area contributed by atoms with Crippen molar-refractivity contribution in [2.75, 3.05) is 6.61 Å². The quantitative estimate of drug-likeness (QED) is 0.409. The van der Waals surface area contributed by atoms with Gasteiger partial charge in [-0.3, -0.25) is 0 Å². The molecule has 130 valence electrons. The predicted molar refractivity (Wildman–Crippen MR) is 106 cm³/mol. The van der Waals surface area contributed by atoms with Crippen LogP contribution in [-0.2, 0) is 15.1 Å². The van der Waals surface area contributed by atoms with Gasteiger partial charge < -0.3 is 18.7 Å². The van der Waals surface area contributed by atoms with Gasteiger partial charge in [0.15, 0.2) is 0 Å². The molecule has 0 aliphatic carbocycles. The van der Waals surface area contributed by atoms with Crippen LogP contribution in [0.1, 0.15) is 12.6 Å². The number of para-hydroxylation sites is 2. The highest BCUT2D eigenvalue weighted by Crippen LogP contribution is 2.50. The molecule has 2 aliphatic rings. The molecule has 2 aliphatic heterocycles. The number of hydrogen-bond donors (Lipinski definition) is 0. The summed E-state index contributed by atoms with van der Waals surface area (Å²) in [5.41, 5.74) is 3.96. The van der Waals surface area contributed by atoms with Crippen molar-refractivity contribution in [3.8, 4) is 0 Å². The molecule has 0 unspecified atom stereocenters. The minimum atomic E-state index is -0.652. The molecule has 0 N–H and O–H groups in total. The van der Waals surface area contributed by atoms with E-state index in [0.29, 0.717) is 13.0 Å². The summed E-state index contributed by atoms with van der Waals surface area (Å²) in [6.07, 6.45) is 1.64.